The topological polar surface area (TPSA) is 70.6 Å². The Morgan fingerprint density at radius 3 is 2.72 bits per heavy atom. The van der Waals surface area contributed by atoms with Crippen molar-refractivity contribution in [1.29, 1.82) is 0 Å². The molecule has 138 valence electrons. The number of nitrogens with zero attached hydrogens (tertiary/aromatic N) is 4. The van der Waals surface area contributed by atoms with Crippen LogP contribution in [0.1, 0.15) is 31.4 Å². The third-order valence-electron chi connectivity index (χ3n) is 5.53. The summed E-state index contributed by atoms with van der Waals surface area (Å²) in [7, 11) is 3.53. The third-order valence-corrected chi connectivity index (χ3v) is 5.53. The number of piperidine rings is 2. The van der Waals surface area contributed by atoms with Gasteiger partial charge in [0.05, 0.1) is 6.61 Å². The predicted molar refractivity (Wildman–Crippen MR) is 97.9 cm³/mol. The summed E-state index contributed by atoms with van der Waals surface area (Å²) < 4.78 is 5.15. The summed E-state index contributed by atoms with van der Waals surface area (Å²) in [5.41, 5.74) is 1.23. The first-order chi connectivity index (χ1) is 12.0. The van der Waals surface area contributed by atoms with Crippen LogP contribution < -0.4 is 10.2 Å². The van der Waals surface area contributed by atoms with Gasteiger partial charge in [-0.15, -0.1) is 0 Å². The van der Waals surface area contributed by atoms with Crippen molar-refractivity contribution in [3.8, 4) is 0 Å². The molecule has 1 N–H and O–H groups in total. The van der Waals surface area contributed by atoms with E-state index in [1.807, 2.05) is 24.9 Å². The lowest BCUT2D eigenvalue weighted by Crippen LogP contribution is -2.52. The van der Waals surface area contributed by atoms with Gasteiger partial charge >= 0.3 is 0 Å². The van der Waals surface area contributed by atoms with E-state index in [9.17, 15) is 4.79 Å². The molecule has 2 aliphatic rings. The number of ether oxygens (including phenoxy) is 1. The van der Waals surface area contributed by atoms with Gasteiger partial charge in [-0.05, 0) is 31.6 Å². The van der Waals surface area contributed by atoms with Gasteiger partial charge in [-0.2, -0.15) is 4.98 Å². The number of carbonyl (C=O) groups is 1. The third kappa shape index (κ3) is 4.03. The van der Waals surface area contributed by atoms with Crippen molar-refractivity contribution in [2.45, 2.75) is 32.6 Å². The number of anilines is 2. The van der Waals surface area contributed by atoms with E-state index in [0.29, 0.717) is 25.5 Å². The van der Waals surface area contributed by atoms with Gasteiger partial charge in [0.1, 0.15) is 5.82 Å². The van der Waals surface area contributed by atoms with Crippen molar-refractivity contribution in [3.63, 3.8) is 0 Å². The molecule has 1 spiro atoms. The molecule has 3 heterocycles. The Morgan fingerprint density at radius 1 is 1.28 bits per heavy atom. The van der Waals surface area contributed by atoms with Crippen LogP contribution in [-0.2, 0) is 9.53 Å². The maximum absolute atomic E-state index is 12.2. The fraction of sp³-hybridized carbons (Fsp3) is 0.722. The van der Waals surface area contributed by atoms with Crippen molar-refractivity contribution in [3.05, 3.63) is 11.8 Å². The molecule has 2 aliphatic heterocycles. The largest absolute Gasteiger partial charge is 0.383 e. The zero-order valence-electron chi connectivity index (χ0n) is 15.5. The molecule has 0 aliphatic carbocycles. The van der Waals surface area contributed by atoms with Crippen LogP contribution in [0.25, 0.3) is 0 Å². The second kappa shape index (κ2) is 7.56. The van der Waals surface area contributed by atoms with Gasteiger partial charge in [0.15, 0.2) is 0 Å². The molecule has 1 aromatic heterocycles. The number of amides is 1. The standard InChI is InChI=1S/C18H29N5O2/c1-14-12-15(21-17(19-2)20-14)22-8-6-18(7-9-22)5-4-16(24)23(13-18)10-11-25-3/h12H,4-11,13H2,1-3H3,(H,19,20,21). The number of hydrogen-bond acceptors (Lipinski definition) is 6. The molecular weight excluding hydrogens is 318 g/mol. The average Bonchev–Trinajstić information content (AvgIpc) is 2.63. The maximum atomic E-state index is 12.2. The summed E-state index contributed by atoms with van der Waals surface area (Å²) in [6.45, 7) is 6.14. The molecule has 7 heteroatoms. The van der Waals surface area contributed by atoms with Crippen molar-refractivity contribution >= 4 is 17.7 Å². The highest BCUT2D eigenvalue weighted by Crippen LogP contribution is 2.41. The van der Waals surface area contributed by atoms with Crippen LogP contribution in [0.2, 0.25) is 0 Å². The fourth-order valence-corrected chi connectivity index (χ4v) is 3.95. The Labute approximate surface area is 149 Å². The quantitative estimate of drug-likeness (QED) is 0.874. The van der Waals surface area contributed by atoms with Crippen LogP contribution in [0, 0.1) is 12.3 Å². The van der Waals surface area contributed by atoms with Crippen LogP contribution in [0.4, 0.5) is 11.8 Å². The van der Waals surface area contributed by atoms with Crippen molar-refractivity contribution in [1.82, 2.24) is 14.9 Å². The SMILES string of the molecule is CNc1nc(C)cc(N2CCC3(CCC(=O)N(CCOC)C3)CC2)n1. The van der Waals surface area contributed by atoms with E-state index in [-0.39, 0.29) is 11.3 Å². The molecule has 2 saturated heterocycles. The van der Waals surface area contributed by atoms with Gasteiger partial charge in [-0.25, -0.2) is 4.98 Å². The minimum Gasteiger partial charge on any atom is -0.383 e. The number of likely N-dealkylation sites (tertiary alicyclic amines) is 1. The minimum absolute atomic E-state index is 0.256. The summed E-state index contributed by atoms with van der Waals surface area (Å²) >= 11 is 0. The summed E-state index contributed by atoms with van der Waals surface area (Å²) in [5.74, 6) is 1.94. The molecule has 25 heavy (non-hydrogen) atoms. The lowest BCUT2D eigenvalue weighted by molar-refractivity contribution is -0.139. The van der Waals surface area contributed by atoms with Gasteiger partial charge in [0, 0.05) is 58.5 Å². The van der Waals surface area contributed by atoms with Crippen molar-refractivity contribution in [2.24, 2.45) is 5.41 Å². The second-order valence-corrected chi connectivity index (χ2v) is 7.24. The summed E-state index contributed by atoms with van der Waals surface area (Å²) in [6, 6.07) is 2.05. The molecule has 0 atom stereocenters. The Hall–Kier alpha value is -1.89. The molecule has 0 saturated carbocycles. The first-order valence-corrected chi connectivity index (χ1v) is 9.10. The number of hydrogen-bond donors (Lipinski definition) is 1. The zero-order valence-corrected chi connectivity index (χ0v) is 15.5. The van der Waals surface area contributed by atoms with Crippen LogP contribution in [0.5, 0.6) is 0 Å². The highest BCUT2D eigenvalue weighted by atomic mass is 16.5. The fourth-order valence-electron chi connectivity index (χ4n) is 3.95. The van der Waals surface area contributed by atoms with Crippen LogP contribution in [0.15, 0.2) is 6.07 Å². The lowest BCUT2D eigenvalue weighted by Gasteiger charge is -2.47. The number of aryl methyl sites for hydroxylation is 1. The smallest absolute Gasteiger partial charge is 0.224 e. The average molecular weight is 347 g/mol. The summed E-state index contributed by atoms with van der Waals surface area (Å²) in [5, 5.41) is 3.03. The van der Waals surface area contributed by atoms with Crippen LogP contribution in [-0.4, -0.2) is 67.7 Å². The van der Waals surface area contributed by atoms with E-state index in [4.69, 9.17) is 4.74 Å². The number of aromatic nitrogens is 2. The molecule has 0 unspecified atom stereocenters. The minimum atomic E-state index is 0.256. The monoisotopic (exact) mass is 347 g/mol. The number of nitrogens with one attached hydrogen (secondary N) is 1. The summed E-state index contributed by atoms with van der Waals surface area (Å²) in [6.07, 6.45) is 3.87. The normalized spacial score (nSPS) is 20.2. The van der Waals surface area contributed by atoms with Gasteiger partial charge in [-0.3, -0.25) is 4.79 Å². The first-order valence-electron chi connectivity index (χ1n) is 9.10. The predicted octanol–water partition coefficient (Wildman–Crippen LogP) is 1.68. The van der Waals surface area contributed by atoms with Crippen LogP contribution in [0.3, 0.4) is 0 Å². The molecule has 0 aromatic carbocycles. The Kier molecular flexibility index (Phi) is 5.42. The van der Waals surface area contributed by atoms with Crippen LogP contribution >= 0.6 is 0 Å². The highest BCUT2D eigenvalue weighted by molar-refractivity contribution is 5.77. The van der Waals surface area contributed by atoms with Gasteiger partial charge in [0.25, 0.3) is 0 Å². The van der Waals surface area contributed by atoms with Crippen molar-refractivity contribution in [2.75, 3.05) is 57.2 Å². The highest BCUT2D eigenvalue weighted by Gasteiger charge is 2.41. The van der Waals surface area contributed by atoms with E-state index in [1.54, 1.807) is 7.11 Å². The molecule has 3 rings (SSSR count). The molecule has 1 aromatic rings. The molecule has 7 nitrogen and oxygen atoms in total. The van der Waals surface area contributed by atoms with Gasteiger partial charge in [0.2, 0.25) is 11.9 Å². The Bertz CT molecular complexity index is 613. The lowest BCUT2D eigenvalue weighted by atomic mass is 9.72. The van der Waals surface area contributed by atoms with E-state index in [2.05, 4.69) is 20.2 Å². The summed E-state index contributed by atoms with van der Waals surface area (Å²) in [4.78, 5) is 25.5. The van der Waals surface area contributed by atoms with E-state index in [0.717, 1.165) is 50.4 Å². The van der Waals surface area contributed by atoms with E-state index in [1.165, 1.54) is 0 Å². The Balaban J connectivity index is 1.65. The first kappa shape index (κ1) is 17.9. The molecular formula is C18H29N5O2. The number of rotatable bonds is 5. The zero-order chi connectivity index (χ0) is 17.9. The molecule has 2 fully saturated rings. The Morgan fingerprint density at radius 2 is 2.04 bits per heavy atom. The van der Waals surface area contributed by atoms with Crippen molar-refractivity contribution < 1.29 is 9.53 Å². The maximum Gasteiger partial charge on any atom is 0.224 e. The number of methoxy groups -OCH3 is 1. The van der Waals surface area contributed by atoms with E-state index >= 15 is 0 Å². The second-order valence-electron chi connectivity index (χ2n) is 7.24. The van der Waals surface area contributed by atoms with Gasteiger partial charge < -0.3 is 19.9 Å². The molecule has 0 radical (unpaired) electrons. The molecule has 1 amide bonds. The molecule has 0 bridgehead atoms. The number of carbonyl (C=O) groups excluding carboxylic acids is 1. The van der Waals surface area contributed by atoms with E-state index < -0.39 is 0 Å². The van der Waals surface area contributed by atoms with Gasteiger partial charge in [-0.1, -0.05) is 0 Å².